The summed E-state index contributed by atoms with van der Waals surface area (Å²) in [6.45, 7) is 2.35. The van der Waals surface area contributed by atoms with Crippen LogP contribution in [0.25, 0.3) is 0 Å². The summed E-state index contributed by atoms with van der Waals surface area (Å²) in [6, 6.07) is 5.19. The topological polar surface area (TPSA) is 66.6 Å². The minimum Gasteiger partial charge on any atom is -0.507 e. The molecule has 0 bridgehead atoms. The maximum absolute atomic E-state index is 12.3. The molecule has 1 aromatic carbocycles. The van der Waals surface area contributed by atoms with Crippen LogP contribution >= 0.6 is 0 Å². The normalized spacial score (nSPS) is 16.4. The lowest BCUT2D eigenvalue weighted by Crippen LogP contribution is -2.43. The number of aromatic hydroxyl groups is 1. The highest BCUT2D eigenvalue weighted by molar-refractivity contribution is 5.97. The summed E-state index contributed by atoms with van der Waals surface area (Å²) in [5.41, 5.74) is 7.02. The average molecular weight is 248 g/mol. The van der Waals surface area contributed by atoms with Crippen LogP contribution in [0.3, 0.4) is 0 Å². The molecule has 0 aromatic heterocycles. The molecular weight excluding hydrogens is 228 g/mol. The van der Waals surface area contributed by atoms with E-state index in [1.54, 1.807) is 24.1 Å². The quantitative estimate of drug-likeness (QED) is 0.848. The summed E-state index contributed by atoms with van der Waals surface area (Å²) < 4.78 is 0. The predicted octanol–water partition coefficient (Wildman–Crippen LogP) is 1.51. The summed E-state index contributed by atoms with van der Waals surface area (Å²) in [6.07, 6.45) is 2.28. The van der Waals surface area contributed by atoms with Crippen molar-refractivity contribution >= 4 is 5.91 Å². The van der Waals surface area contributed by atoms with Gasteiger partial charge in [0.1, 0.15) is 5.75 Å². The maximum atomic E-state index is 12.3. The van der Waals surface area contributed by atoms with Gasteiger partial charge in [0.25, 0.3) is 5.91 Å². The monoisotopic (exact) mass is 248 g/mol. The molecule has 0 saturated heterocycles. The number of rotatable bonds is 4. The Morgan fingerprint density at radius 2 is 2.22 bits per heavy atom. The molecule has 1 aliphatic carbocycles. The lowest BCUT2D eigenvalue weighted by molar-refractivity contribution is 0.0715. The Labute approximate surface area is 107 Å². The maximum Gasteiger partial charge on any atom is 0.257 e. The highest BCUT2D eigenvalue weighted by Gasteiger charge is 2.35. The minimum absolute atomic E-state index is 0.0402. The predicted molar refractivity (Wildman–Crippen MR) is 70.5 cm³/mol. The first kappa shape index (κ1) is 12.9. The van der Waals surface area contributed by atoms with E-state index in [9.17, 15) is 9.90 Å². The number of phenolic OH excluding ortho intramolecular Hbond substituents is 1. The van der Waals surface area contributed by atoms with Gasteiger partial charge in [-0.15, -0.1) is 0 Å². The third-order valence-corrected chi connectivity index (χ3v) is 3.61. The second-order valence-electron chi connectivity index (χ2n) is 5.08. The second-order valence-corrected chi connectivity index (χ2v) is 5.08. The molecule has 1 atom stereocenters. The number of hydrogen-bond acceptors (Lipinski definition) is 3. The number of carbonyl (C=O) groups excluding carboxylic acids is 1. The van der Waals surface area contributed by atoms with Gasteiger partial charge in [0.15, 0.2) is 0 Å². The fraction of sp³-hybridized carbons (Fsp3) is 0.500. The van der Waals surface area contributed by atoms with Crippen LogP contribution < -0.4 is 5.73 Å². The Hall–Kier alpha value is -1.55. The Kier molecular flexibility index (Phi) is 3.57. The number of nitrogens with zero attached hydrogens (tertiary/aromatic N) is 1. The van der Waals surface area contributed by atoms with Crippen LogP contribution in [0.15, 0.2) is 18.2 Å². The second kappa shape index (κ2) is 4.98. The number of carbonyl (C=O) groups is 1. The highest BCUT2D eigenvalue weighted by Crippen LogP contribution is 2.35. The van der Waals surface area contributed by atoms with E-state index in [0.29, 0.717) is 18.0 Å². The van der Waals surface area contributed by atoms with Crippen molar-refractivity contribution in [1.29, 1.82) is 0 Å². The number of aryl methyl sites for hydroxylation is 1. The molecule has 0 spiro atoms. The van der Waals surface area contributed by atoms with Crippen molar-refractivity contribution in [2.24, 2.45) is 11.7 Å². The molecule has 0 heterocycles. The van der Waals surface area contributed by atoms with E-state index in [1.165, 1.54) is 0 Å². The SMILES string of the molecule is Cc1ccc(C(=O)N(C)C(CN)C2CC2)c(O)c1. The van der Waals surface area contributed by atoms with Gasteiger partial charge in [-0.1, -0.05) is 6.07 Å². The summed E-state index contributed by atoms with van der Waals surface area (Å²) in [5.74, 6) is 0.407. The fourth-order valence-corrected chi connectivity index (χ4v) is 2.31. The highest BCUT2D eigenvalue weighted by atomic mass is 16.3. The van der Waals surface area contributed by atoms with Crippen molar-refractivity contribution in [3.8, 4) is 5.75 Å². The number of phenols is 1. The zero-order valence-electron chi connectivity index (χ0n) is 10.9. The molecule has 98 valence electrons. The first-order chi connectivity index (χ1) is 8.54. The van der Waals surface area contributed by atoms with Gasteiger partial charge in [0.05, 0.1) is 5.56 Å². The van der Waals surface area contributed by atoms with Crippen molar-refractivity contribution in [3.63, 3.8) is 0 Å². The largest absolute Gasteiger partial charge is 0.507 e. The van der Waals surface area contributed by atoms with Crippen molar-refractivity contribution in [2.75, 3.05) is 13.6 Å². The molecule has 0 aliphatic heterocycles. The first-order valence-electron chi connectivity index (χ1n) is 6.31. The standard InChI is InChI=1S/C14H20N2O2/c1-9-3-6-11(13(17)7-9)14(18)16(2)12(8-15)10-4-5-10/h3,6-7,10,12,17H,4-5,8,15H2,1-2H3. The average Bonchev–Trinajstić information content (AvgIpc) is 3.13. The summed E-state index contributed by atoms with van der Waals surface area (Å²) in [7, 11) is 1.76. The Bertz CT molecular complexity index is 455. The van der Waals surface area contributed by atoms with Crippen molar-refractivity contribution < 1.29 is 9.90 Å². The molecule has 1 aliphatic rings. The number of benzene rings is 1. The van der Waals surface area contributed by atoms with Crippen LogP contribution in [0, 0.1) is 12.8 Å². The lowest BCUT2D eigenvalue weighted by atomic mass is 10.1. The van der Waals surface area contributed by atoms with Gasteiger partial charge in [-0.05, 0) is 43.4 Å². The van der Waals surface area contributed by atoms with Crippen molar-refractivity contribution in [2.45, 2.75) is 25.8 Å². The minimum atomic E-state index is -0.158. The van der Waals surface area contributed by atoms with Crippen LogP contribution in [0.1, 0.15) is 28.8 Å². The van der Waals surface area contributed by atoms with Crippen LogP contribution in [0.2, 0.25) is 0 Å². The van der Waals surface area contributed by atoms with Crippen molar-refractivity contribution in [1.82, 2.24) is 4.90 Å². The molecule has 4 heteroatoms. The smallest absolute Gasteiger partial charge is 0.257 e. The van der Waals surface area contributed by atoms with Gasteiger partial charge in [-0.3, -0.25) is 4.79 Å². The van der Waals surface area contributed by atoms with E-state index in [4.69, 9.17) is 5.73 Å². The fourth-order valence-electron chi connectivity index (χ4n) is 2.31. The van der Waals surface area contributed by atoms with Crippen LogP contribution in [-0.4, -0.2) is 35.5 Å². The Morgan fingerprint density at radius 1 is 1.56 bits per heavy atom. The summed E-state index contributed by atoms with van der Waals surface area (Å²) >= 11 is 0. The molecule has 1 unspecified atom stereocenters. The first-order valence-corrected chi connectivity index (χ1v) is 6.31. The van der Waals surface area contributed by atoms with E-state index in [-0.39, 0.29) is 17.7 Å². The van der Waals surface area contributed by atoms with Crippen LogP contribution in [0.5, 0.6) is 5.75 Å². The van der Waals surface area contributed by atoms with Gasteiger partial charge in [0, 0.05) is 19.6 Å². The van der Waals surface area contributed by atoms with Crippen LogP contribution in [-0.2, 0) is 0 Å². The molecule has 1 fully saturated rings. The van der Waals surface area contributed by atoms with E-state index >= 15 is 0 Å². The molecule has 4 nitrogen and oxygen atoms in total. The Morgan fingerprint density at radius 3 is 2.72 bits per heavy atom. The molecule has 1 amide bonds. The number of nitrogens with two attached hydrogens (primary N) is 1. The van der Waals surface area contributed by atoms with Gasteiger partial charge >= 0.3 is 0 Å². The zero-order chi connectivity index (χ0) is 13.3. The molecule has 3 N–H and O–H groups in total. The van der Waals surface area contributed by atoms with Crippen LogP contribution in [0.4, 0.5) is 0 Å². The molecule has 2 rings (SSSR count). The van der Waals surface area contributed by atoms with Gasteiger partial charge in [-0.2, -0.15) is 0 Å². The molecule has 1 saturated carbocycles. The summed E-state index contributed by atoms with van der Waals surface area (Å²) in [5, 5.41) is 9.84. The van der Waals surface area contributed by atoms with Gasteiger partial charge in [-0.25, -0.2) is 0 Å². The zero-order valence-corrected chi connectivity index (χ0v) is 10.9. The Balaban J connectivity index is 2.19. The molecular formula is C14H20N2O2. The number of hydrogen-bond donors (Lipinski definition) is 2. The molecule has 18 heavy (non-hydrogen) atoms. The van der Waals surface area contributed by atoms with Crippen molar-refractivity contribution in [3.05, 3.63) is 29.3 Å². The summed E-state index contributed by atoms with van der Waals surface area (Å²) in [4.78, 5) is 14.0. The number of likely N-dealkylation sites (N-methyl/N-ethyl adjacent to an activating group) is 1. The molecule has 1 aromatic rings. The van der Waals surface area contributed by atoms with E-state index < -0.39 is 0 Å². The molecule has 0 radical (unpaired) electrons. The third-order valence-electron chi connectivity index (χ3n) is 3.61. The number of amides is 1. The third kappa shape index (κ3) is 2.48. The van der Waals surface area contributed by atoms with Gasteiger partial charge in [0.2, 0.25) is 0 Å². The van der Waals surface area contributed by atoms with E-state index in [2.05, 4.69) is 0 Å². The van der Waals surface area contributed by atoms with Gasteiger partial charge < -0.3 is 15.7 Å². The van der Waals surface area contributed by atoms with E-state index in [1.807, 2.05) is 13.0 Å². The lowest BCUT2D eigenvalue weighted by Gasteiger charge is -2.27. The van der Waals surface area contributed by atoms with E-state index in [0.717, 1.165) is 18.4 Å².